The van der Waals surface area contributed by atoms with Gasteiger partial charge >= 0.3 is 0 Å². The molecule has 4 rings (SSSR count). The van der Waals surface area contributed by atoms with Crippen LogP contribution in [-0.2, 0) is 20.2 Å². The van der Waals surface area contributed by atoms with Gasteiger partial charge in [0.1, 0.15) is 15.5 Å². The molecular formula is C16H11NO7S2. The number of rotatable bonds is 2. The molecule has 134 valence electrons. The van der Waals surface area contributed by atoms with E-state index in [0.717, 1.165) is 0 Å². The van der Waals surface area contributed by atoms with E-state index >= 15 is 0 Å². The van der Waals surface area contributed by atoms with Crippen molar-refractivity contribution in [1.82, 2.24) is 0 Å². The van der Waals surface area contributed by atoms with Crippen molar-refractivity contribution in [3.63, 3.8) is 0 Å². The van der Waals surface area contributed by atoms with Crippen LogP contribution in [0.2, 0.25) is 0 Å². The summed E-state index contributed by atoms with van der Waals surface area (Å²) in [6.45, 7) is 0. The summed E-state index contributed by atoms with van der Waals surface area (Å²) in [4.78, 5) is -2.19. The fourth-order valence-electron chi connectivity index (χ4n) is 3.47. The van der Waals surface area contributed by atoms with Gasteiger partial charge in [-0.1, -0.05) is 30.3 Å². The van der Waals surface area contributed by atoms with E-state index in [9.17, 15) is 31.0 Å². The van der Waals surface area contributed by atoms with Gasteiger partial charge in [0, 0.05) is 16.2 Å². The second-order valence-corrected chi connectivity index (χ2v) is 8.58. The van der Waals surface area contributed by atoms with E-state index in [4.69, 9.17) is 5.73 Å². The van der Waals surface area contributed by atoms with Crippen LogP contribution in [0.1, 0.15) is 0 Å². The van der Waals surface area contributed by atoms with Gasteiger partial charge < -0.3 is 10.8 Å². The number of aromatic hydroxyl groups is 1. The molecule has 0 bridgehead atoms. The van der Waals surface area contributed by atoms with Crippen molar-refractivity contribution in [2.45, 2.75) is 9.79 Å². The highest BCUT2D eigenvalue weighted by atomic mass is 32.2. The standard InChI is InChI=1S/C16H11NO7S2/c17-14-13-10(18)6-8-3-1-2-7-4-5-9(12(13)11(7)8)15(25(19,20)21)16(14)26(22,23)24/h1-6,18H,17H2,(H,19,20,21)(H,22,23,24). The summed E-state index contributed by atoms with van der Waals surface area (Å²) in [5, 5.41) is 12.1. The molecule has 0 unspecified atom stereocenters. The van der Waals surface area contributed by atoms with E-state index in [1.807, 2.05) is 0 Å². The lowest BCUT2D eigenvalue weighted by atomic mass is 9.93. The molecule has 5 N–H and O–H groups in total. The number of hydrogen-bond acceptors (Lipinski definition) is 6. The number of nitrogen functional groups attached to an aromatic ring is 1. The van der Waals surface area contributed by atoms with Gasteiger partial charge in [-0.2, -0.15) is 16.8 Å². The van der Waals surface area contributed by atoms with Crippen LogP contribution in [0.15, 0.2) is 46.2 Å². The quantitative estimate of drug-likeness (QED) is 0.230. The molecule has 0 radical (unpaired) electrons. The van der Waals surface area contributed by atoms with Crippen molar-refractivity contribution in [2.24, 2.45) is 0 Å². The SMILES string of the molecule is Nc1c(S(=O)(=O)O)c(S(=O)(=O)O)c2ccc3cccc4cc(O)c1c2c34. The summed E-state index contributed by atoms with van der Waals surface area (Å²) in [6.07, 6.45) is 0. The van der Waals surface area contributed by atoms with Crippen LogP contribution in [0.25, 0.3) is 32.3 Å². The Bertz CT molecular complexity index is 1440. The number of anilines is 1. The Balaban J connectivity index is 2.52. The molecule has 0 heterocycles. The maximum Gasteiger partial charge on any atom is 0.298 e. The fraction of sp³-hybridized carbons (Fsp3) is 0. The van der Waals surface area contributed by atoms with Crippen molar-refractivity contribution in [1.29, 1.82) is 0 Å². The first-order valence-corrected chi connectivity index (χ1v) is 10.1. The Hall–Kier alpha value is -2.66. The van der Waals surface area contributed by atoms with Crippen molar-refractivity contribution in [3.8, 4) is 5.75 Å². The molecule has 10 heteroatoms. The summed E-state index contributed by atoms with van der Waals surface area (Å²) < 4.78 is 66.7. The number of nitrogens with two attached hydrogens (primary N) is 1. The fourth-order valence-corrected chi connectivity index (χ4v) is 5.62. The molecule has 4 aromatic rings. The summed E-state index contributed by atoms with van der Waals surface area (Å²) >= 11 is 0. The first-order valence-electron chi connectivity index (χ1n) is 7.18. The molecule has 0 spiro atoms. The summed E-state index contributed by atoms with van der Waals surface area (Å²) in [7, 11) is -10.2. The van der Waals surface area contributed by atoms with Gasteiger partial charge in [-0.25, -0.2) is 0 Å². The number of phenols is 1. The second-order valence-electron chi connectivity index (χ2n) is 5.86. The minimum Gasteiger partial charge on any atom is -0.507 e. The zero-order chi connectivity index (χ0) is 19.0. The molecule has 4 aromatic carbocycles. The van der Waals surface area contributed by atoms with Crippen LogP contribution < -0.4 is 5.73 Å². The molecule has 0 aliphatic carbocycles. The molecule has 26 heavy (non-hydrogen) atoms. The van der Waals surface area contributed by atoms with Gasteiger partial charge in [-0.05, 0) is 22.2 Å². The highest BCUT2D eigenvalue weighted by Crippen LogP contribution is 2.47. The number of benzene rings is 4. The maximum atomic E-state index is 11.9. The highest BCUT2D eigenvalue weighted by molar-refractivity contribution is 7.89. The van der Waals surface area contributed by atoms with Gasteiger partial charge in [0.15, 0.2) is 0 Å². The van der Waals surface area contributed by atoms with Gasteiger partial charge in [-0.3, -0.25) is 9.11 Å². The average Bonchev–Trinajstić information content (AvgIpc) is 2.51. The molecule has 0 fully saturated rings. The van der Waals surface area contributed by atoms with Crippen LogP contribution in [0, 0.1) is 0 Å². The zero-order valence-corrected chi connectivity index (χ0v) is 14.5. The highest BCUT2D eigenvalue weighted by Gasteiger charge is 2.33. The summed E-state index contributed by atoms with van der Waals surface area (Å²) in [5.41, 5.74) is 5.18. The molecule has 0 aliphatic heterocycles. The molecule has 0 aromatic heterocycles. The van der Waals surface area contributed by atoms with Crippen LogP contribution in [0.3, 0.4) is 0 Å². The Labute approximate surface area is 147 Å². The third-order valence-corrected chi connectivity index (χ3v) is 6.37. The normalized spacial score (nSPS) is 13.2. The molecular weight excluding hydrogens is 382 g/mol. The Morgan fingerprint density at radius 2 is 1.38 bits per heavy atom. The van der Waals surface area contributed by atoms with Crippen molar-refractivity contribution < 1.29 is 31.0 Å². The Kier molecular flexibility index (Phi) is 3.20. The second kappa shape index (κ2) is 4.95. The first kappa shape index (κ1) is 16.8. The average molecular weight is 393 g/mol. The summed E-state index contributed by atoms with van der Waals surface area (Å²) in [5.74, 6) is -0.384. The molecule has 0 aliphatic rings. The zero-order valence-electron chi connectivity index (χ0n) is 12.8. The lowest BCUT2D eigenvalue weighted by Crippen LogP contribution is -2.13. The summed E-state index contributed by atoms with van der Waals surface area (Å²) in [6, 6.07) is 9.36. The monoisotopic (exact) mass is 393 g/mol. The van der Waals surface area contributed by atoms with Crippen LogP contribution in [0.4, 0.5) is 5.69 Å². The van der Waals surface area contributed by atoms with E-state index in [-0.39, 0.29) is 21.9 Å². The van der Waals surface area contributed by atoms with E-state index in [1.54, 1.807) is 24.3 Å². The third kappa shape index (κ3) is 2.13. The lowest BCUT2D eigenvalue weighted by molar-refractivity contribution is 0.468. The lowest BCUT2D eigenvalue weighted by Gasteiger charge is -2.18. The van der Waals surface area contributed by atoms with E-state index in [2.05, 4.69) is 0 Å². The minimum absolute atomic E-state index is 0.121. The van der Waals surface area contributed by atoms with Crippen molar-refractivity contribution >= 4 is 58.2 Å². The molecule has 8 nitrogen and oxygen atoms in total. The van der Waals surface area contributed by atoms with Gasteiger partial charge in [0.2, 0.25) is 0 Å². The largest absolute Gasteiger partial charge is 0.507 e. The minimum atomic E-state index is -5.13. The van der Waals surface area contributed by atoms with E-state index in [1.165, 1.54) is 12.1 Å². The molecule has 0 amide bonds. The third-order valence-electron chi connectivity index (χ3n) is 4.36. The molecule has 0 atom stereocenters. The Morgan fingerprint density at radius 3 is 2.00 bits per heavy atom. The van der Waals surface area contributed by atoms with Gasteiger partial charge in [-0.15, -0.1) is 0 Å². The Morgan fingerprint density at radius 1 is 0.769 bits per heavy atom. The number of phenolic OH excluding ortho intramolecular Hbond substituents is 1. The van der Waals surface area contributed by atoms with Gasteiger partial charge in [0.25, 0.3) is 20.2 Å². The topological polar surface area (TPSA) is 155 Å². The van der Waals surface area contributed by atoms with Crippen LogP contribution in [-0.4, -0.2) is 31.0 Å². The maximum absolute atomic E-state index is 11.9. The smallest absolute Gasteiger partial charge is 0.298 e. The molecule has 0 saturated heterocycles. The van der Waals surface area contributed by atoms with Crippen LogP contribution in [0.5, 0.6) is 5.75 Å². The van der Waals surface area contributed by atoms with Gasteiger partial charge in [0.05, 0.1) is 5.69 Å². The van der Waals surface area contributed by atoms with E-state index < -0.39 is 35.7 Å². The number of hydrogen-bond donors (Lipinski definition) is 4. The van der Waals surface area contributed by atoms with Crippen LogP contribution >= 0.6 is 0 Å². The first-order chi connectivity index (χ1) is 12.0. The predicted octanol–water partition coefficient (Wildman–Crippen LogP) is 2.37. The molecule has 0 saturated carbocycles. The predicted molar refractivity (Wildman–Crippen MR) is 95.9 cm³/mol. The van der Waals surface area contributed by atoms with E-state index in [0.29, 0.717) is 16.2 Å². The van der Waals surface area contributed by atoms with Crippen molar-refractivity contribution in [2.75, 3.05) is 5.73 Å². The van der Waals surface area contributed by atoms with Crippen molar-refractivity contribution in [3.05, 3.63) is 36.4 Å².